The molecule has 2 aromatic heterocycles. The van der Waals surface area contributed by atoms with Crippen molar-refractivity contribution in [2.24, 2.45) is 0 Å². The number of para-hydroxylation sites is 2. The Morgan fingerprint density at radius 3 is 2.90 bits per heavy atom. The van der Waals surface area contributed by atoms with E-state index in [2.05, 4.69) is 25.5 Å². The summed E-state index contributed by atoms with van der Waals surface area (Å²) >= 11 is 0. The lowest BCUT2D eigenvalue weighted by molar-refractivity contribution is -0.116. The summed E-state index contributed by atoms with van der Waals surface area (Å²) in [5.74, 6) is 0.512. The Morgan fingerprint density at radius 1 is 1.15 bits per heavy atom. The summed E-state index contributed by atoms with van der Waals surface area (Å²) in [5.41, 5.74) is 3.43. The molecule has 3 aromatic rings. The molecule has 1 aromatic carbocycles. The number of hydrogen-bond donors (Lipinski definition) is 2. The van der Waals surface area contributed by atoms with E-state index in [1.807, 2.05) is 24.3 Å². The van der Waals surface area contributed by atoms with Gasteiger partial charge in [0.25, 0.3) is 0 Å². The largest absolute Gasteiger partial charge is 0.311 e. The lowest BCUT2D eigenvalue weighted by Crippen LogP contribution is -2.23. The van der Waals surface area contributed by atoms with Crippen LogP contribution in [0, 0.1) is 0 Å². The highest BCUT2D eigenvalue weighted by Crippen LogP contribution is 2.34. The van der Waals surface area contributed by atoms with E-state index < -0.39 is 0 Å². The van der Waals surface area contributed by atoms with Crippen molar-refractivity contribution >= 4 is 22.8 Å². The molecule has 4 rings (SSSR count). The number of anilines is 1. The maximum atomic E-state index is 11.8. The van der Waals surface area contributed by atoms with Gasteiger partial charge in [0.2, 0.25) is 5.91 Å². The number of nitrogens with one attached hydrogen (secondary N) is 2. The zero-order chi connectivity index (χ0) is 13.5. The molecule has 3 heterocycles. The van der Waals surface area contributed by atoms with Gasteiger partial charge in [-0.25, -0.2) is 4.98 Å². The van der Waals surface area contributed by atoms with Crippen molar-refractivity contribution in [2.45, 2.75) is 12.3 Å². The maximum Gasteiger partial charge on any atom is 0.226 e. The van der Waals surface area contributed by atoms with Gasteiger partial charge in [0.05, 0.1) is 22.9 Å². The van der Waals surface area contributed by atoms with Crippen molar-refractivity contribution in [3.63, 3.8) is 0 Å². The Labute approximate surface area is 114 Å². The van der Waals surface area contributed by atoms with Crippen molar-refractivity contribution in [3.8, 4) is 0 Å². The van der Waals surface area contributed by atoms with E-state index >= 15 is 0 Å². The molecule has 0 fully saturated rings. The number of fused-ring (bicyclic) bond motifs is 2. The molecule has 1 aliphatic heterocycles. The van der Waals surface area contributed by atoms with Gasteiger partial charge in [-0.3, -0.25) is 14.9 Å². The monoisotopic (exact) mass is 265 g/mol. The molecule has 0 bridgehead atoms. The Morgan fingerprint density at radius 2 is 2.00 bits per heavy atom. The third kappa shape index (κ3) is 1.65. The van der Waals surface area contributed by atoms with Crippen LogP contribution in [0.4, 0.5) is 5.82 Å². The maximum absolute atomic E-state index is 11.8. The van der Waals surface area contributed by atoms with Crippen molar-refractivity contribution in [1.82, 2.24) is 20.2 Å². The van der Waals surface area contributed by atoms with Crippen LogP contribution < -0.4 is 5.32 Å². The number of H-pyrrole nitrogens is 1. The average molecular weight is 265 g/mol. The van der Waals surface area contributed by atoms with Crippen LogP contribution >= 0.6 is 0 Å². The molecule has 6 heteroatoms. The van der Waals surface area contributed by atoms with Gasteiger partial charge in [-0.15, -0.1) is 0 Å². The summed E-state index contributed by atoms with van der Waals surface area (Å²) in [4.78, 5) is 20.8. The highest BCUT2D eigenvalue weighted by molar-refractivity contribution is 5.94. The molecule has 0 saturated heterocycles. The van der Waals surface area contributed by atoms with Gasteiger partial charge in [-0.05, 0) is 12.1 Å². The Bertz CT molecular complexity index is 810. The zero-order valence-corrected chi connectivity index (χ0v) is 10.5. The van der Waals surface area contributed by atoms with Crippen LogP contribution in [0.1, 0.15) is 23.6 Å². The number of nitrogens with zero attached hydrogens (tertiary/aromatic N) is 3. The Balaban J connectivity index is 1.85. The van der Waals surface area contributed by atoms with Crippen LogP contribution in [0.2, 0.25) is 0 Å². The van der Waals surface area contributed by atoms with Gasteiger partial charge >= 0.3 is 0 Å². The average Bonchev–Trinajstić information content (AvgIpc) is 2.94. The first-order valence-corrected chi connectivity index (χ1v) is 6.36. The zero-order valence-electron chi connectivity index (χ0n) is 10.5. The highest BCUT2D eigenvalue weighted by atomic mass is 16.1. The molecule has 0 saturated carbocycles. The molecule has 1 amide bonds. The Hall–Kier alpha value is -2.76. The molecule has 6 nitrogen and oxygen atoms in total. The lowest BCUT2D eigenvalue weighted by atomic mass is 9.91. The normalized spacial score (nSPS) is 17.8. The van der Waals surface area contributed by atoms with E-state index in [0.717, 1.165) is 22.3 Å². The fourth-order valence-electron chi connectivity index (χ4n) is 2.55. The van der Waals surface area contributed by atoms with Crippen molar-refractivity contribution < 1.29 is 4.79 Å². The van der Waals surface area contributed by atoms with Crippen LogP contribution in [0.5, 0.6) is 0 Å². The van der Waals surface area contributed by atoms with E-state index in [1.165, 1.54) is 0 Å². The lowest BCUT2D eigenvalue weighted by Gasteiger charge is -2.21. The molecule has 1 atom stereocenters. The number of aromatic amines is 1. The minimum Gasteiger partial charge on any atom is -0.311 e. The van der Waals surface area contributed by atoms with E-state index in [-0.39, 0.29) is 11.8 Å². The highest BCUT2D eigenvalue weighted by Gasteiger charge is 2.29. The van der Waals surface area contributed by atoms with Gasteiger partial charge in [-0.1, -0.05) is 12.1 Å². The van der Waals surface area contributed by atoms with E-state index in [0.29, 0.717) is 12.2 Å². The summed E-state index contributed by atoms with van der Waals surface area (Å²) in [7, 11) is 0. The summed E-state index contributed by atoms with van der Waals surface area (Å²) in [6, 6.07) is 7.70. The quantitative estimate of drug-likeness (QED) is 0.703. The second kappa shape index (κ2) is 4.12. The summed E-state index contributed by atoms with van der Waals surface area (Å²) in [5, 5.41) is 9.55. The number of amides is 1. The van der Waals surface area contributed by atoms with Crippen molar-refractivity contribution in [3.05, 3.63) is 47.9 Å². The van der Waals surface area contributed by atoms with Gasteiger partial charge in [0.1, 0.15) is 5.82 Å². The summed E-state index contributed by atoms with van der Waals surface area (Å²) in [6.07, 6.45) is 3.83. The third-order valence-corrected chi connectivity index (χ3v) is 3.52. The SMILES string of the molecule is O=C1C[C@H](c2cnc3ccccc3n2)c2cn[nH]c2N1. The molecular formula is C14H11N5O. The first-order chi connectivity index (χ1) is 9.81. The molecule has 98 valence electrons. The Kier molecular flexibility index (Phi) is 2.29. The number of benzene rings is 1. The summed E-state index contributed by atoms with van der Waals surface area (Å²) in [6.45, 7) is 0. The van der Waals surface area contributed by atoms with Gasteiger partial charge in [0, 0.05) is 24.1 Å². The topological polar surface area (TPSA) is 83.6 Å². The molecule has 0 spiro atoms. The summed E-state index contributed by atoms with van der Waals surface area (Å²) < 4.78 is 0. The van der Waals surface area contributed by atoms with Gasteiger partial charge in [-0.2, -0.15) is 5.10 Å². The second-order valence-corrected chi connectivity index (χ2v) is 4.79. The number of carbonyl (C=O) groups excluding carboxylic acids is 1. The fourth-order valence-corrected chi connectivity index (χ4v) is 2.55. The number of rotatable bonds is 1. The van der Waals surface area contributed by atoms with E-state index in [9.17, 15) is 4.79 Å². The van der Waals surface area contributed by atoms with Crippen molar-refractivity contribution in [1.29, 1.82) is 0 Å². The van der Waals surface area contributed by atoms with Gasteiger partial charge < -0.3 is 5.32 Å². The standard InChI is InChI=1S/C14H11N5O/c20-13-5-8(9-6-16-19-14(9)18-13)12-7-15-10-3-1-2-4-11(10)17-12/h1-4,6-8H,5H2,(H2,16,18,19,20)/t8-/m0/s1. The second-order valence-electron chi connectivity index (χ2n) is 4.79. The fraction of sp³-hybridized carbons (Fsp3) is 0.143. The molecule has 0 aliphatic carbocycles. The molecule has 2 N–H and O–H groups in total. The molecule has 0 radical (unpaired) electrons. The number of aromatic nitrogens is 4. The van der Waals surface area contributed by atoms with Crippen LogP contribution in [0.25, 0.3) is 11.0 Å². The predicted molar refractivity (Wildman–Crippen MR) is 73.2 cm³/mol. The molecular weight excluding hydrogens is 254 g/mol. The number of hydrogen-bond acceptors (Lipinski definition) is 4. The van der Waals surface area contributed by atoms with E-state index in [4.69, 9.17) is 0 Å². The first kappa shape index (κ1) is 11.1. The van der Waals surface area contributed by atoms with E-state index in [1.54, 1.807) is 12.4 Å². The van der Waals surface area contributed by atoms with Crippen LogP contribution in [0.15, 0.2) is 36.7 Å². The molecule has 1 aliphatic rings. The van der Waals surface area contributed by atoms with Crippen molar-refractivity contribution in [2.75, 3.05) is 5.32 Å². The third-order valence-electron chi connectivity index (χ3n) is 3.52. The first-order valence-electron chi connectivity index (χ1n) is 6.36. The predicted octanol–water partition coefficient (Wildman–Crippen LogP) is 1.83. The minimum atomic E-state index is -0.102. The van der Waals surface area contributed by atoms with Crippen LogP contribution in [-0.2, 0) is 4.79 Å². The molecule has 20 heavy (non-hydrogen) atoms. The molecule has 0 unspecified atom stereocenters. The minimum absolute atomic E-state index is 0.0401. The van der Waals surface area contributed by atoms with Crippen LogP contribution in [0.3, 0.4) is 0 Å². The van der Waals surface area contributed by atoms with Gasteiger partial charge in [0.15, 0.2) is 0 Å². The smallest absolute Gasteiger partial charge is 0.226 e. The number of carbonyl (C=O) groups is 1. The van der Waals surface area contributed by atoms with Crippen LogP contribution in [-0.4, -0.2) is 26.1 Å².